The van der Waals surface area contributed by atoms with Crippen LogP contribution in [0.15, 0.2) is 12.2 Å². The lowest BCUT2D eigenvalue weighted by atomic mass is 10.4. The summed E-state index contributed by atoms with van der Waals surface area (Å²) in [4.78, 5) is 18.3. The molecule has 52 valence electrons. The van der Waals surface area contributed by atoms with Gasteiger partial charge in [0.1, 0.15) is 0 Å². The van der Waals surface area contributed by atoms with Crippen LogP contribution in [0.4, 0.5) is 0 Å². The predicted octanol–water partition coefficient (Wildman–Crippen LogP) is 0.488. The maximum Gasteiger partial charge on any atom is 0.367 e. The van der Waals surface area contributed by atoms with Crippen LogP contribution < -0.4 is 0 Å². The van der Waals surface area contributed by atoms with Crippen LogP contribution in [0.3, 0.4) is 0 Å². The zero-order valence-corrected chi connectivity index (χ0v) is 5.88. The third kappa shape index (κ3) is 3.94. The van der Waals surface area contributed by atoms with E-state index in [0.29, 0.717) is 0 Å². The van der Waals surface area contributed by atoms with Gasteiger partial charge >= 0.3 is 14.2 Å². The van der Waals surface area contributed by atoms with Gasteiger partial charge in [0.15, 0.2) is 0 Å². The molecule has 0 aliphatic rings. The zero-order valence-electron chi connectivity index (χ0n) is 4.88. The molecule has 0 bridgehead atoms. The molecule has 0 aromatic heterocycles. The molecular formula is C4H7O4P. The molecule has 0 radical (unpaired) electrons. The Morgan fingerprint density at radius 2 is 2.22 bits per heavy atom. The summed E-state index contributed by atoms with van der Waals surface area (Å²) >= 11 is 0. The van der Waals surface area contributed by atoms with Gasteiger partial charge in [-0.3, -0.25) is 0 Å². The minimum Gasteiger partial charge on any atom is -0.390 e. The van der Waals surface area contributed by atoms with Crippen LogP contribution >= 0.6 is 8.25 Å². The lowest BCUT2D eigenvalue weighted by molar-refractivity contribution is -0.130. The molecule has 0 rings (SSSR count). The highest BCUT2D eigenvalue weighted by molar-refractivity contribution is 7.32. The Bertz CT molecular complexity index is 162. The summed E-state index contributed by atoms with van der Waals surface area (Å²) in [5, 5.41) is 0. The lowest BCUT2D eigenvalue weighted by Gasteiger charge is -1.95. The molecule has 1 N–H and O–H groups in total. The summed E-state index contributed by atoms with van der Waals surface area (Å²) in [5.74, 6) is -0.832. The van der Waals surface area contributed by atoms with Crippen molar-refractivity contribution in [1.29, 1.82) is 0 Å². The maximum atomic E-state index is 10.3. The third-order valence-electron chi connectivity index (χ3n) is 0.528. The first-order valence-corrected chi connectivity index (χ1v) is 3.41. The van der Waals surface area contributed by atoms with Crippen molar-refractivity contribution in [3.05, 3.63) is 12.2 Å². The fraction of sp³-hybridized carbons (Fsp3) is 0.250. The highest BCUT2D eigenvalue weighted by atomic mass is 31.1. The molecule has 0 fully saturated rings. The number of carbonyl (C=O) groups is 1. The molecule has 1 unspecified atom stereocenters. The van der Waals surface area contributed by atoms with Gasteiger partial charge in [0.2, 0.25) is 0 Å². The average molecular weight is 150 g/mol. The maximum absolute atomic E-state index is 10.3. The smallest absolute Gasteiger partial charge is 0.367 e. The Morgan fingerprint density at radius 3 is 2.33 bits per heavy atom. The van der Waals surface area contributed by atoms with Crippen LogP contribution in [-0.4, -0.2) is 10.9 Å². The van der Waals surface area contributed by atoms with Gasteiger partial charge in [-0.15, -0.1) is 0 Å². The molecule has 9 heavy (non-hydrogen) atoms. The van der Waals surface area contributed by atoms with Gasteiger partial charge in [0, 0.05) is 5.57 Å². The van der Waals surface area contributed by atoms with Crippen LogP contribution in [0, 0.1) is 0 Å². The summed E-state index contributed by atoms with van der Waals surface area (Å²) in [6.07, 6.45) is 0. The van der Waals surface area contributed by atoms with Gasteiger partial charge in [0.25, 0.3) is 0 Å². The van der Waals surface area contributed by atoms with E-state index in [1.165, 1.54) is 6.92 Å². The highest BCUT2D eigenvalue weighted by Crippen LogP contribution is 2.16. The van der Waals surface area contributed by atoms with Crippen molar-refractivity contribution < 1.29 is 18.8 Å². The monoisotopic (exact) mass is 150 g/mol. The summed E-state index contributed by atoms with van der Waals surface area (Å²) in [6.45, 7) is 4.60. The van der Waals surface area contributed by atoms with E-state index in [1.54, 1.807) is 0 Å². The summed E-state index contributed by atoms with van der Waals surface area (Å²) < 4.78 is 13.7. The van der Waals surface area contributed by atoms with E-state index in [2.05, 4.69) is 11.1 Å². The molecule has 0 aliphatic heterocycles. The van der Waals surface area contributed by atoms with Crippen LogP contribution in [0.5, 0.6) is 0 Å². The molecule has 0 aromatic rings. The highest BCUT2D eigenvalue weighted by Gasteiger charge is 2.04. The average Bonchev–Trinajstić information content (AvgIpc) is 1.63. The second kappa shape index (κ2) is 3.43. The predicted molar refractivity (Wildman–Crippen MR) is 32.1 cm³/mol. The summed E-state index contributed by atoms with van der Waals surface area (Å²) in [7, 11) is -3.14. The normalized spacial score (nSPS) is 12.2. The van der Waals surface area contributed by atoms with Gasteiger partial charge < -0.3 is 9.42 Å². The number of hydrogen-bond donors (Lipinski definition) is 1. The number of hydrogen-bond acceptors (Lipinski definition) is 3. The molecule has 0 aliphatic carbocycles. The largest absolute Gasteiger partial charge is 0.390 e. The molecule has 0 heterocycles. The Labute approximate surface area is 53.1 Å². The first-order chi connectivity index (χ1) is 4.04. The Morgan fingerprint density at radius 1 is 1.78 bits per heavy atom. The number of rotatable bonds is 2. The quantitative estimate of drug-likeness (QED) is 0.459. The van der Waals surface area contributed by atoms with E-state index in [4.69, 9.17) is 4.89 Å². The standard InChI is InChI=1S/C4H7O4P/c1-3(2)4(5)8-9(6)7/h9H,1H2,2H3,(H,6,7). The van der Waals surface area contributed by atoms with Gasteiger partial charge in [-0.2, -0.15) is 0 Å². The van der Waals surface area contributed by atoms with E-state index in [9.17, 15) is 9.36 Å². The molecule has 4 nitrogen and oxygen atoms in total. The van der Waals surface area contributed by atoms with E-state index in [-0.39, 0.29) is 5.57 Å². The Hall–Kier alpha value is -0.600. The van der Waals surface area contributed by atoms with Crippen molar-refractivity contribution in [3.8, 4) is 0 Å². The zero-order chi connectivity index (χ0) is 7.44. The van der Waals surface area contributed by atoms with Crippen molar-refractivity contribution >= 4 is 14.2 Å². The summed E-state index contributed by atoms with van der Waals surface area (Å²) in [5.41, 5.74) is 0.113. The molecule has 0 amide bonds. The molecule has 0 saturated carbocycles. The Balaban J connectivity index is 3.79. The second-order valence-electron chi connectivity index (χ2n) is 1.44. The topological polar surface area (TPSA) is 63.6 Å². The minimum absolute atomic E-state index is 0.113. The molecule has 5 heteroatoms. The van der Waals surface area contributed by atoms with Crippen molar-refractivity contribution in [2.24, 2.45) is 0 Å². The second-order valence-corrected chi connectivity index (χ2v) is 2.17. The number of carbonyl (C=O) groups excluding carboxylic acids is 1. The van der Waals surface area contributed by atoms with Crippen LogP contribution in [0.1, 0.15) is 6.92 Å². The molecule has 0 spiro atoms. The van der Waals surface area contributed by atoms with Crippen LogP contribution in [0.2, 0.25) is 0 Å². The van der Waals surface area contributed by atoms with E-state index in [0.717, 1.165) is 0 Å². The van der Waals surface area contributed by atoms with Gasteiger partial charge in [-0.1, -0.05) is 6.58 Å². The minimum atomic E-state index is -3.14. The van der Waals surface area contributed by atoms with Crippen LogP contribution in [0.25, 0.3) is 0 Å². The SMILES string of the molecule is C=C(C)C(=O)O[PH](=O)O. The molecule has 0 saturated heterocycles. The van der Waals surface area contributed by atoms with Crippen molar-refractivity contribution in [1.82, 2.24) is 0 Å². The van der Waals surface area contributed by atoms with E-state index < -0.39 is 14.2 Å². The molecule has 1 atom stereocenters. The van der Waals surface area contributed by atoms with Crippen LogP contribution in [-0.2, 0) is 13.9 Å². The van der Waals surface area contributed by atoms with E-state index in [1.807, 2.05) is 0 Å². The molecule has 0 aromatic carbocycles. The lowest BCUT2D eigenvalue weighted by Crippen LogP contribution is -1.97. The van der Waals surface area contributed by atoms with Gasteiger partial charge in [-0.25, -0.2) is 9.36 Å². The van der Waals surface area contributed by atoms with Crippen molar-refractivity contribution in [2.75, 3.05) is 0 Å². The van der Waals surface area contributed by atoms with E-state index >= 15 is 0 Å². The first kappa shape index (κ1) is 8.40. The fourth-order valence-corrected chi connectivity index (χ4v) is 0.499. The third-order valence-corrected chi connectivity index (χ3v) is 0.888. The van der Waals surface area contributed by atoms with Crippen molar-refractivity contribution in [3.63, 3.8) is 0 Å². The fourth-order valence-electron chi connectivity index (χ4n) is 0.166. The van der Waals surface area contributed by atoms with Gasteiger partial charge in [-0.05, 0) is 6.92 Å². The Kier molecular flexibility index (Phi) is 3.20. The first-order valence-electron chi connectivity index (χ1n) is 2.14. The summed E-state index contributed by atoms with van der Waals surface area (Å²) in [6, 6.07) is 0. The van der Waals surface area contributed by atoms with Gasteiger partial charge in [0.05, 0.1) is 0 Å². The van der Waals surface area contributed by atoms with Crippen molar-refractivity contribution in [2.45, 2.75) is 6.92 Å². The molecular weight excluding hydrogens is 143 g/mol.